The number of hydrogen-bond donors (Lipinski definition) is 1. The highest BCUT2D eigenvalue weighted by atomic mass is 127. The smallest absolute Gasteiger partial charge is 0.340 e. The van der Waals surface area contributed by atoms with Gasteiger partial charge in [-0.25, -0.2) is 9.78 Å². The maximum absolute atomic E-state index is 11.7. The van der Waals surface area contributed by atoms with E-state index in [-0.39, 0.29) is 17.9 Å². The normalized spacial score (nSPS) is 10.1. The van der Waals surface area contributed by atoms with E-state index >= 15 is 0 Å². The number of nitrogen functional groups attached to an aromatic ring is 1. The second-order valence-electron chi connectivity index (χ2n) is 3.89. The summed E-state index contributed by atoms with van der Waals surface area (Å²) >= 11 is 2.19. The van der Waals surface area contributed by atoms with Crippen molar-refractivity contribution in [1.82, 2.24) is 4.98 Å². The number of halogens is 1. The molecule has 0 amide bonds. The van der Waals surface area contributed by atoms with Gasteiger partial charge in [0, 0.05) is 9.64 Å². The largest absolute Gasteiger partial charge is 0.462 e. The number of anilines is 1. The summed E-state index contributed by atoms with van der Waals surface area (Å²) in [6, 6.07) is 8.98. The molecule has 0 fully saturated rings. The molecule has 0 aliphatic heterocycles. The molecule has 0 bridgehead atoms. The van der Waals surface area contributed by atoms with Crippen molar-refractivity contribution in [2.45, 2.75) is 6.92 Å². The number of aromatic nitrogens is 1. The van der Waals surface area contributed by atoms with Crippen molar-refractivity contribution >= 4 is 34.2 Å². The van der Waals surface area contributed by atoms with Gasteiger partial charge in [0.25, 0.3) is 0 Å². The summed E-state index contributed by atoms with van der Waals surface area (Å²) in [5.41, 5.74) is 6.23. The number of rotatable bonds is 4. The van der Waals surface area contributed by atoms with Gasteiger partial charge < -0.3 is 15.2 Å². The molecule has 0 atom stereocenters. The van der Waals surface area contributed by atoms with Gasteiger partial charge in [0.1, 0.15) is 5.75 Å². The molecule has 1 aromatic heterocycles. The van der Waals surface area contributed by atoms with Crippen LogP contribution in [-0.2, 0) is 4.74 Å². The van der Waals surface area contributed by atoms with E-state index in [1.54, 1.807) is 6.92 Å². The van der Waals surface area contributed by atoms with E-state index in [0.717, 1.165) is 3.57 Å². The highest BCUT2D eigenvalue weighted by Crippen LogP contribution is 2.24. The van der Waals surface area contributed by atoms with E-state index in [4.69, 9.17) is 15.2 Å². The molecular weight excluding hydrogens is 371 g/mol. The van der Waals surface area contributed by atoms with E-state index in [2.05, 4.69) is 27.6 Å². The predicted octanol–water partition coefficient (Wildman–Crippen LogP) is 3.24. The number of pyridine rings is 1. The molecule has 2 aromatic rings. The van der Waals surface area contributed by atoms with E-state index in [1.807, 2.05) is 24.3 Å². The van der Waals surface area contributed by atoms with Crippen LogP contribution in [0.1, 0.15) is 17.3 Å². The Hall–Kier alpha value is -1.83. The van der Waals surface area contributed by atoms with E-state index in [1.165, 1.54) is 12.3 Å². The van der Waals surface area contributed by atoms with Crippen molar-refractivity contribution in [2.24, 2.45) is 0 Å². The van der Waals surface area contributed by atoms with Crippen LogP contribution in [-0.4, -0.2) is 17.6 Å². The topological polar surface area (TPSA) is 74.4 Å². The molecular formula is C14H13IN2O3. The minimum absolute atomic E-state index is 0.252. The fraction of sp³-hybridized carbons (Fsp3) is 0.143. The van der Waals surface area contributed by atoms with Gasteiger partial charge in [0.05, 0.1) is 24.1 Å². The Balaban J connectivity index is 2.25. The monoisotopic (exact) mass is 384 g/mol. The standard InChI is InChI=1S/C14H13IN2O3/c1-2-19-14(18)11-7-13(17-8-12(11)16)20-10-5-3-4-9(15)6-10/h3-8H,2,16H2,1H3. The number of esters is 1. The molecule has 0 unspecified atom stereocenters. The van der Waals surface area contributed by atoms with Crippen molar-refractivity contribution in [2.75, 3.05) is 12.3 Å². The van der Waals surface area contributed by atoms with Crippen LogP contribution in [0.5, 0.6) is 11.6 Å². The summed E-state index contributed by atoms with van der Waals surface area (Å²) < 4.78 is 11.6. The molecule has 1 heterocycles. The molecule has 0 spiro atoms. The lowest BCUT2D eigenvalue weighted by Gasteiger charge is -2.08. The third kappa shape index (κ3) is 3.60. The van der Waals surface area contributed by atoms with Crippen LogP contribution in [0.4, 0.5) is 5.69 Å². The van der Waals surface area contributed by atoms with Gasteiger partial charge in [-0.3, -0.25) is 0 Å². The number of hydrogen-bond acceptors (Lipinski definition) is 5. The lowest BCUT2D eigenvalue weighted by molar-refractivity contribution is 0.0527. The van der Waals surface area contributed by atoms with Crippen LogP contribution in [0.3, 0.4) is 0 Å². The van der Waals surface area contributed by atoms with Gasteiger partial charge >= 0.3 is 5.97 Å². The average Bonchev–Trinajstić information content (AvgIpc) is 2.41. The summed E-state index contributed by atoms with van der Waals surface area (Å²) in [4.78, 5) is 15.8. The van der Waals surface area contributed by atoms with E-state index in [9.17, 15) is 4.79 Å². The van der Waals surface area contributed by atoms with Gasteiger partial charge in [0.15, 0.2) is 0 Å². The fourth-order valence-electron chi connectivity index (χ4n) is 1.54. The summed E-state index contributed by atoms with van der Waals surface area (Å²) in [5, 5.41) is 0. The SMILES string of the molecule is CCOC(=O)c1cc(Oc2cccc(I)c2)ncc1N. The third-order valence-corrected chi connectivity index (χ3v) is 3.09. The molecule has 1 aromatic carbocycles. The first-order valence-electron chi connectivity index (χ1n) is 5.96. The molecule has 0 radical (unpaired) electrons. The summed E-state index contributed by atoms with van der Waals surface area (Å²) in [6.45, 7) is 2.02. The number of ether oxygens (including phenoxy) is 2. The van der Waals surface area contributed by atoms with E-state index < -0.39 is 5.97 Å². The summed E-state index contributed by atoms with van der Waals surface area (Å²) in [6.07, 6.45) is 1.38. The molecule has 5 nitrogen and oxygen atoms in total. The second-order valence-corrected chi connectivity index (χ2v) is 5.14. The zero-order valence-corrected chi connectivity index (χ0v) is 13.0. The van der Waals surface area contributed by atoms with Crippen LogP contribution in [0.2, 0.25) is 0 Å². The maximum Gasteiger partial charge on any atom is 0.340 e. The first kappa shape index (κ1) is 14.6. The van der Waals surface area contributed by atoms with E-state index in [0.29, 0.717) is 11.6 Å². The number of carbonyl (C=O) groups is 1. The van der Waals surface area contributed by atoms with Gasteiger partial charge in [-0.15, -0.1) is 0 Å². The van der Waals surface area contributed by atoms with Crippen molar-refractivity contribution in [1.29, 1.82) is 0 Å². The third-order valence-electron chi connectivity index (χ3n) is 2.42. The molecule has 0 aliphatic carbocycles. The minimum atomic E-state index is -0.486. The van der Waals surface area contributed by atoms with Crippen LogP contribution in [0, 0.1) is 3.57 Å². The van der Waals surface area contributed by atoms with Gasteiger partial charge in [-0.05, 0) is 47.7 Å². The van der Waals surface area contributed by atoms with Crippen LogP contribution in [0.25, 0.3) is 0 Å². The zero-order chi connectivity index (χ0) is 14.5. The quantitative estimate of drug-likeness (QED) is 0.647. The number of benzene rings is 1. The zero-order valence-electron chi connectivity index (χ0n) is 10.8. The molecule has 104 valence electrons. The summed E-state index contributed by atoms with van der Waals surface area (Å²) in [5.74, 6) is 0.452. The minimum Gasteiger partial charge on any atom is -0.462 e. The highest BCUT2D eigenvalue weighted by Gasteiger charge is 2.13. The van der Waals surface area contributed by atoms with Crippen molar-refractivity contribution in [3.8, 4) is 11.6 Å². The van der Waals surface area contributed by atoms with Crippen LogP contribution >= 0.6 is 22.6 Å². The van der Waals surface area contributed by atoms with Gasteiger partial charge in [-0.2, -0.15) is 0 Å². The lowest BCUT2D eigenvalue weighted by Crippen LogP contribution is -2.08. The number of nitrogens with zero attached hydrogens (tertiary/aromatic N) is 1. The van der Waals surface area contributed by atoms with Crippen molar-refractivity contribution in [3.05, 3.63) is 45.7 Å². The van der Waals surface area contributed by atoms with Crippen molar-refractivity contribution < 1.29 is 14.3 Å². The molecule has 0 aliphatic rings. The second kappa shape index (κ2) is 6.56. The first-order chi connectivity index (χ1) is 9.60. The first-order valence-corrected chi connectivity index (χ1v) is 7.04. The number of nitrogens with two attached hydrogens (primary N) is 1. The molecule has 20 heavy (non-hydrogen) atoms. The Morgan fingerprint density at radius 3 is 2.90 bits per heavy atom. The Bertz CT molecular complexity index is 632. The Labute approximate surface area is 130 Å². The van der Waals surface area contributed by atoms with Crippen LogP contribution < -0.4 is 10.5 Å². The summed E-state index contributed by atoms with van der Waals surface area (Å²) in [7, 11) is 0. The van der Waals surface area contributed by atoms with Gasteiger partial charge in [0.2, 0.25) is 5.88 Å². The predicted molar refractivity (Wildman–Crippen MR) is 83.8 cm³/mol. The molecule has 2 rings (SSSR count). The Kier molecular flexibility index (Phi) is 4.78. The number of carbonyl (C=O) groups excluding carboxylic acids is 1. The molecule has 0 saturated carbocycles. The Morgan fingerprint density at radius 1 is 1.40 bits per heavy atom. The van der Waals surface area contributed by atoms with Crippen molar-refractivity contribution in [3.63, 3.8) is 0 Å². The molecule has 0 saturated heterocycles. The van der Waals surface area contributed by atoms with Crippen LogP contribution in [0.15, 0.2) is 36.5 Å². The molecule has 6 heteroatoms. The Morgan fingerprint density at radius 2 is 2.20 bits per heavy atom. The molecule has 2 N–H and O–H groups in total. The highest BCUT2D eigenvalue weighted by molar-refractivity contribution is 14.1. The maximum atomic E-state index is 11.7. The fourth-order valence-corrected chi connectivity index (χ4v) is 2.05. The average molecular weight is 384 g/mol. The van der Waals surface area contributed by atoms with Gasteiger partial charge in [-0.1, -0.05) is 6.07 Å². The lowest BCUT2D eigenvalue weighted by atomic mass is 10.2.